The molecular weight excluding hydrogens is 248 g/mol. The van der Waals surface area contributed by atoms with Crippen LogP contribution in [0.15, 0.2) is 0 Å². The Kier molecular flexibility index (Phi) is 6.11. The Bertz CT molecular complexity index is 377. The average molecular weight is 266 g/mol. The van der Waals surface area contributed by atoms with E-state index in [9.17, 15) is 18.0 Å². The fourth-order valence-corrected chi connectivity index (χ4v) is 1.86. The molecule has 8 heteroatoms. The number of nitrogens with one attached hydrogen (secondary N) is 2. The van der Waals surface area contributed by atoms with Gasteiger partial charge < -0.3 is 10.4 Å². The molecule has 0 aromatic heterocycles. The van der Waals surface area contributed by atoms with Gasteiger partial charge in [-0.25, -0.2) is 13.1 Å². The number of carbonyl (C=O) groups is 2. The summed E-state index contributed by atoms with van der Waals surface area (Å²) >= 11 is 0. The topological polar surface area (TPSA) is 113 Å². The lowest BCUT2D eigenvalue weighted by Gasteiger charge is -2.11. The van der Waals surface area contributed by atoms with E-state index in [0.717, 1.165) is 6.92 Å². The zero-order valence-corrected chi connectivity index (χ0v) is 10.9. The summed E-state index contributed by atoms with van der Waals surface area (Å²) < 4.78 is 24.8. The molecule has 7 nitrogen and oxygen atoms in total. The second-order valence-corrected chi connectivity index (χ2v) is 5.98. The Balaban J connectivity index is 4.13. The molecule has 0 saturated heterocycles. The van der Waals surface area contributed by atoms with Crippen LogP contribution in [0.1, 0.15) is 27.2 Å². The summed E-state index contributed by atoms with van der Waals surface area (Å²) in [5.41, 5.74) is 0. The van der Waals surface area contributed by atoms with Crippen molar-refractivity contribution in [2.24, 2.45) is 0 Å². The van der Waals surface area contributed by atoms with Crippen LogP contribution in [0.5, 0.6) is 0 Å². The summed E-state index contributed by atoms with van der Waals surface area (Å²) in [6.45, 7) is 4.53. The largest absolute Gasteiger partial charge is 0.480 e. The summed E-state index contributed by atoms with van der Waals surface area (Å²) in [5, 5.41) is 9.61. The first-order valence-electron chi connectivity index (χ1n) is 5.17. The number of carboxylic acids is 1. The molecule has 1 atom stereocenters. The molecule has 0 saturated carbocycles. The maximum atomic E-state index is 11.4. The van der Waals surface area contributed by atoms with Crippen LogP contribution < -0.4 is 10.0 Å². The standard InChI is InChI=1S/C9H18N2O5S/c1-6(2)11-8(12)4-5-10-17(15,16)7(3)9(13)14/h6-7,10H,4-5H2,1-3H3,(H,11,12)(H,13,14). The molecule has 0 aromatic rings. The Morgan fingerprint density at radius 3 is 2.18 bits per heavy atom. The molecule has 3 N–H and O–H groups in total. The van der Waals surface area contributed by atoms with Crippen LogP contribution in [0.25, 0.3) is 0 Å². The van der Waals surface area contributed by atoms with Gasteiger partial charge in [0.15, 0.2) is 5.25 Å². The lowest BCUT2D eigenvalue weighted by molar-refractivity contribution is -0.136. The normalized spacial score (nSPS) is 13.4. The predicted octanol–water partition coefficient (Wildman–Crippen LogP) is -0.706. The van der Waals surface area contributed by atoms with Crippen LogP contribution in [0.3, 0.4) is 0 Å². The van der Waals surface area contributed by atoms with Crippen molar-refractivity contribution >= 4 is 21.9 Å². The van der Waals surface area contributed by atoms with E-state index in [0.29, 0.717) is 0 Å². The number of carbonyl (C=O) groups excluding carboxylic acids is 1. The van der Waals surface area contributed by atoms with Crippen LogP contribution in [-0.4, -0.2) is 43.2 Å². The van der Waals surface area contributed by atoms with Gasteiger partial charge in [0.2, 0.25) is 15.9 Å². The minimum Gasteiger partial charge on any atom is -0.480 e. The third-order valence-electron chi connectivity index (χ3n) is 1.92. The summed E-state index contributed by atoms with van der Waals surface area (Å²) in [6.07, 6.45) is -0.0241. The number of carboxylic acid groups (broad SMARTS) is 1. The van der Waals surface area contributed by atoms with Gasteiger partial charge in [0.1, 0.15) is 0 Å². The SMILES string of the molecule is CC(C)NC(=O)CCNS(=O)(=O)C(C)C(=O)O. The molecule has 0 rings (SSSR count). The van der Waals surface area contributed by atoms with Gasteiger partial charge in [-0.1, -0.05) is 0 Å². The van der Waals surface area contributed by atoms with E-state index in [2.05, 4.69) is 10.0 Å². The van der Waals surface area contributed by atoms with Crippen molar-refractivity contribution in [3.63, 3.8) is 0 Å². The fraction of sp³-hybridized carbons (Fsp3) is 0.778. The van der Waals surface area contributed by atoms with E-state index >= 15 is 0 Å². The highest BCUT2D eigenvalue weighted by molar-refractivity contribution is 7.90. The molecule has 0 heterocycles. The maximum Gasteiger partial charge on any atom is 0.323 e. The van der Waals surface area contributed by atoms with Crippen molar-refractivity contribution in [3.05, 3.63) is 0 Å². The number of aliphatic carboxylic acids is 1. The van der Waals surface area contributed by atoms with Crippen molar-refractivity contribution in [2.75, 3.05) is 6.54 Å². The number of amides is 1. The summed E-state index contributed by atoms with van der Waals surface area (Å²) in [4.78, 5) is 21.7. The zero-order valence-electron chi connectivity index (χ0n) is 10.1. The highest BCUT2D eigenvalue weighted by Crippen LogP contribution is 1.98. The Morgan fingerprint density at radius 1 is 1.24 bits per heavy atom. The van der Waals surface area contributed by atoms with Crippen molar-refractivity contribution in [2.45, 2.75) is 38.5 Å². The van der Waals surface area contributed by atoms with Gasteiger partial charge in [0.25, 0.3) is 0 Å². The van der Waals surface area contributed by atoms with Crippen LogP contribution in [0.2, 0.25) is 0 Å². The Morgan fingerprint density at radius 2 is 1.76 bits per heavy atom. The Hall–Kier alpha value is -1.15. The van der Waals surface area contributed by atoms with E-state index in [1.807, 2.05) is 0 Å². The molecular formula is C9H18N2O5S. The number of rotatable bonds is 7. The van der Waals surface area contributed by atoms with Gasteiger partial charge in [0.05, 0.1) is 0 Å². The van der Waals surface area contributed by atoms with Crippen molar-refractivity contribution < 1.29 is 23.1 Å². The number of hydrogen-bond acceptors (Lipinski definition) is 4. The zero-order chi connectivity index (χ0) is 13.6. The van der Waals surface area contributed by atoms with E-state index < -0.39 is 21.2 Å². The average Bonchev–Trinajstić information content (AvgIpc) is 2.14. The van der Waals surface area contributed by atoms with Gasteiger partial charge in [-0.3, -0.25) is 9.59 Å². The third-order valence-corrected chi connectivity index (χ3v) is 3.66. The van der Waals surface area contributed by atoms with Crippen molar-refractivity contribution in [1.82, 2.24) is 10.0 Å². The molecule has 0 aliphatic rings. The van der Waals surface area contributed by atoms with Crippen LogP contribution >= 0.6 is 0 Å². The first-order chi connectivity index (χ1) is 7.66. The minimum absolute atomic E-state index is 0.0166. The van der Waals surface area contributed by atoms with E-state index in [4.69, 9.17) is 5.11 Å². The molecule has 0 radical (unpaired) electrons. The highest BCUT2D eigenvalue weighted by Gasteiger charge is 2.26. The van der Waals surface area contributed by atoms with Gasteiger partial charge >= 0.3 is 5.97 Å². The summed E-state index contributed by atoms with van der Waals surface area (Å²) in [5.74, 6) is -1.71. The molecule has 17 heavy (non-hydrogen) atoms. The first kappa shape index (κ1) is 15.9. The second kappa shape index (κ2) is 6.55. The lowest BCUT2D eigenvalue weighted by Crippen LogP contribution is -2.39. The predicted molar refractivity (Wildman–Crippen MR) is 61.9 cm³/mol. The Labute approximate surface area is 101 Å². The van der Waals surface area contributed by atoms with E-state index in [1.165, 1.54) is 0 Å². The molecule has 0 spiro atoms. The summed E-state index contributed by atoms with van der Waals surface area (Å²) in [7, 11) is -3.91. The highest BCUT2D eigenvalue weighted by atomic mass is 32.2. The quantitative estimate of drug-likeness (QED) is 0.563. The van der Waals surface area contributed by atoms with Gasteiger partial charge in [-0.15, -0.1) is 0 Å². The number of hydrogen-bond donors (Lipinski definition) is 3. The second-order valence-electron chi connectivity index (χ2n) is 3.89. The maximum absolute atomic E-state index is 11.4. The molecule has 100 valence electrons. The van der Waals surface area contributed by atoms with Crippen LogP contribution in [-0.2, 0) is 19.6 Å². The van der Waals surface area contributed by atoms with Gasteiger partial charge in [-0.2, -0.15) is 0 Å². The summed E-state index contributed by atoms with van der Waals surface area (Å²) in [6, 6.07) is -0.0166. The van der Waals surface area contributed by atoms with Crippen LogP contribution in [0.4, 0.5) is 0 Å². The minimum atomic E-state index is -3.91. The first-order valence-corrected chi connectivity index (χ1v) is 6.72. The monoisotopic (exact) mass is 266 g/mol. The molecule has 0 fully saturated rings. The third kappa shape index (κ3) is 6.22. The van der Waals surface area contributed by atoms with Crippen molar-refractivity contribution in [3.8, 4) is 0 Å². The molecule has 1 amide bonds. The van der Waals surface area contributed by atoms with Crippen LogP contribution in [0, 0.1) is 0 Å². The fourth-order valence-electron chi connectivity index (χ4n) is 0.959. The van der Waals surface area contributed by atoms with E-state index in [-0.39, 0.29) is 24.9 Å². The molecule has 0 aliphatic carbocycles. The van der Waals surface area contributed by atoms with Gasteiger partial charge in [-0.05, 0) is 20.8 Å². The smallest absolute Gasteiger partial charge is 0.323 e. The lowest BCUT2D eigenvalue weighted by atomic mass is 10.3. The van der Waals surface area contributed by atoms with Crippen molar-refractivity contribution in [1.29, 1.82) is 0 Å². The molecule has 0 aliphatic heterocycles. The molecule has 0 bridgehead atoms. The number of sulfonamides is 1. The molecule has 0 aromatic carbocycles. The molecule has 1 unspecified atom stereocenters. The van der Waals surface area contributed by atoms with Gasteiger partial charge in [0, 0.05) is 19.0 Å². The van der Waals surface area contributed by atoms with E-state index in [1.54, 1.807) is 13.8 Å².